The van der Waals surface area contributed by atoms with Crippen LogP contribution in [-0.2, 0) is 4.74 Å². The number of fused-ring (bicyclic) bond motifs is 1. The molecule has 4 atom stereocenters. The summed E-state index contributed by atoms with van der Waals surface area (Å²) in [6.45, 7) is 1.80. The monoisotopic (exact) mass is 142 g/mol. The summed E-state index contributed by atoms with van der Waals surface area (Å²) in [6, 6.07) is 0. The first kappa shape index (κ1) is 6.34. The van der Waals surface area contributed by atoms with Crippen molar-refractivity contribution in [3.63, 3.8) is 0 Å². The van der Waals surface area contributed by atoms with Gasteiger partial charge < -0.3 is 14.9 Å². The molecule has 1 fully saturated rings. The second-order valence-electron chi connectivity index (χ2n) is 2.91. The molecule has 0 spiro atoms. The highest BCUT2D eigenvalue weighted by Gasteiger charge is 2.51. The zero-order valence-corrected chi connectivity index (χ0v) is 5.69. The SMILES string of the molecule is CC1=C[C@@H](O)[C@@H]2O[C@@H]2[C@H]1O. The lowest BCUT2D eigenvalue weighted by atomic mass is 9.96. The van der Waals surface area contributed by atoms with Gasteiger partial charge in [-0.05, 0) is 12.5 Å². The number of aliphatic hydroxyl groups is 2. The lowest BCUT2D eigenvalue weighted by molar-refractivity contribution is 0.163. The van der Waals surface area contributed by atoms with E-state index in [9.17, 15) is 10.2 Å². The van der Waals surface area contributed by atoms with Crippen LogP contribution in [0.1, 0.15) is 6.92 Å². The maximum Gasteiger partial charge on any atom is 0.117 e. The second kappa shape index (κ2) is 1.81. The molecule has 0 amide bonds. The Bertz CT molecular complexity index is 187. The Morgan fingerprint density at radius 2 is 2.10 bits per heavy atom. The van der Waals surface area contributed by atoms with E-state index in [1.165, 1.54) is 0 Å². The molecule has 0 bridgehead atoms. The summed E-state index contributed by atoms with van der Waals surface area (Å²) in [7, 11) is 0. The van der Waals surface area contributed by atoms with Gasteiger partial charge in [0.1, 0.15) is 24.4 Å². The largest absolute Gasteiger partial charge is 0.386 e. The van der Waals surface area contributed by atoms with Gasteiger partial charge in [-0.1, -0.05) is 6.08 Å². The number of epoxide rings is 1. The van der Waals surface area contributed by atoms with Crippen molar-refractivity contribution in [2.45, 2.75) is 31.3 Å². The van der Waals surface area contributed by atoms with Gasteiger partial charge in [0.05, 0.1) is 0 Å². The minimum Gasteiger partial charge on any atom is -0.386 e. The summed E-state index contributed by atoms with van der Waals surface area (Å²) in [4.78, 5) is 0. The molecular formula is C7H10O3. The van der Waals surface area contributed by atoms with Gasteiger partial charge in [0, 0.05) is 0 Å². The van der Waals surface area contributed by atoms with Crippen molar-refractivity contribution in [1.29, 1.82) is 0 Å². The molecule has 2 rings (SSSR count). The lowest BCUT2D eigenvalue weighted by Gasteiger charge is -2.15. The number of ether oxygens (including phenoxy) is 1. The van der Waals surface area contributed by atoms with Gasteiger partial charge in [0.2, 0.25) is 0 Å². The summed E-state index contributed by atoms with van der Waals surface area (Å²) >= 11 is 0. The Labute approximate surface area is 58.9 Å². The Hall–Kier alpha value is -0.380. The van der Waals surface area contributed by atoms with E-state index in [0.717, 1.165) is 5.57 Å². The predicted molar refractivity (Wildman–Crippen MR) is 34.4 cm³/mol. The molecule has 1 heterocycles. The van der Waals surface area contributed by atoms with Gasteiger partial charge in [0.25, 0.3) is 0 Å². The van der Waals surface area contributed by atoms with Gasteiger partial charge in [-0.3, -0.25) is 0 Å². The van der Waals surface area contributed by atoms with Gasteiger partial charge in [-0.2, -0.15) is 0 Å². The fourth-order valence-corrected chi connectivity index (χ4v) is 1.39. The Morgan fingerprint density at radius 3 is 2.80 bits per heavy atom. The first-order valence-electron chi connectivity index (χ1n) is 3.40. The molecule has 3 nitrogen and oxygen atoms in total. The van der Waals surface area contributed by atoms with Gasteiger partial charge in [0.15, 0.2) is 0 Å². The standard InChI is InChI=1S/C7H10O3/c1-3-2-4(8)6-7(10-6)5(3)9/h2,4-9H,1H3/t4-,5+,6+,7-/m1/s1. The molecule has 56 valence electrons. The van der Waals surface area contributed by atoms with E-state index in [2.05, 4.69) is 0 Å². The third-order valence-corrected chi connectivity index (χ3v) is 2.11. The third-order valence-electron chi connectivity index (χ3n) is 2.11. The van der Waals surface area contributed by atoms with Crippen LogP contribution in [0.15, 0.2) is 11.6 Å². The molecule has 2 N–H and O–H groups in total. The number of hydrogen-bond acceptors (Lipinski definition) is 3. The average Bonchev–Trinajstić information content (AvgIpc) is 2.61. The summed E-state index contributed by atoms with van der Waals surface area (Å²) in [5.74, 6) is 0. The second-order valence-corrected chi connectivity index (χ2v) is 2.91. The molecular weight excluding hydrogens is 132 g/mol. The number of rotatable bonds is 0. The molecule has 1 aliphatic carbocycles. The zero-order valence-electron chi connectivity index (χ0n) is 5.69. The highest BCUT2D eigenvalue weighted by Crippen LogP contribution is 2.36. The minimum absolute atomic E-state index is 0.139. The number of hydrogen-bond donors (Lipinski definition) is 2. The van der Waals surface area contributed by atoms with Crippen LogP contribution in [0.4, 0.5) is 0 Å². The van der Waals surface area contributed by atoms with Crippen LogP contribution in [0, 0.1) is 0 Å². The number of aliphatic hydroxyl groups excluding tert-OH is 2. The van der Waals surface area contributed by atoms with Gasteiger partial charge >= 0.3 is 0 Å². The predicted octanol–water partition coefficient (Wildman–Crippen LogP) is -0.565. The molecule has 1 saturated heterocycles. The van der Waals surface area contributed by atoms with Gasteiger partial charge in [-0.15, -0.1) is 0 Å². The van der Waals surface area contributed by atoms with Crippen LogP contribution >= 0.6 is 0 Å². The zero-order chi connectivity index (χ0) is 7.30. The maximum absolute atomic E-state index is 9.30. The molecule has 3 heteroatoms. The van der Waals surface area contributed by atoms with Crippen molar-refractivity contribution in [2.75, 3.05) is 0 Å². The molecule has 0 aromatic carbocycles. The van der Waals surface area contributed by atoms with Crippen molar-refractivity contribution in [1.82, 2.24) is 0 Å². The van der Waals surface area contributed by atoms with E-state index in [1.807, 2.05) is 0 Å². The Morgan fingerprint density at radius 1 is 1.40 bits per heavy atom. The van der Waals surface area contributed by atoms with Crippen LogP contribution in [0.2, 0.25) is 0 Å². The lowest BCUT2D eigenvalue weighted by Crippen LogP contribution is -2.29. The van der Waals surface area contributed by atoms with Crippen molar-refractivity contribution >= 4 is 0 Å². The van der Waals surface area contributed by atoms with E-state index >= 15 is 0 Å². The van der Waals surface area contributed by atoms with Crippen LogP contribution in [0.5, 0.6) is 0 Å². The normalized spacial score (nSPS) is 51.7. The van der Waals surface area contributed by atoms with Crippen molar-refractivity contribution in [3.05, 3.63) is 11.6 Å². The highest BCUT2D eigenvalue weighted by molar-refractivity contribution is 5.22. The van der Waals surface area contributed by atoms with E-state index in [-0.39, 0.29) is 12.2 Å². The molecule has 0 unspecified atom stereocenters. The molecule has 0 saturated carbocycles. The maximum atomic E-state index is 9.30. The molecule has 2 aliphatic rings. The molecule has 1 aliphatic heterocycles. The first-order valence-corrected chi connectivity index (χ1v) is 3.40. The Balaban J connectivity index is 2.22. The van der Waals surface area contributed by atoms with Crippen LogP contribution in [0.25, 0.3) is 0 Å². The Kier molecular flexibility index (Phi) is 1.15. The van der Waals surface area contributed by atoms with E-state index in [4.69, 9.17) is 4.74 Å². The molecule has 0 radical (unpaired) electrons. The average molecular weight is 142 g/mol. The molecule has 10 heavy (non-hydrogen) atoms. The molecule has 0 aromatic rings. The topological polar surface area (TPSA) is 53.0 Å². The van der Waals surface area contributed by atoms with Crippen LogP contribution < -0.4 is 0 Å². The van der Waals surface area contributed by atoms with E-state index in [0.29, 0.717) is 0 Å². The quantitative estimate of drug-likeness (QED) is 0.352. The van der Waals surface area contributed by atoms with E-state index < -0.39 is 12.2 Å². The molecule has 0 aromatic heterocycles. The smallest absolute Gasteiger partial charge is 0.117 e. The fourth-order valence-electron chi connectivity index (χ4n) is 1.39. The summed E-state index contributed by atoms with van der Waals surface area (Å²) in [5, 5.41) is 18.5. The van der Waals surface area contributed by atoms with Gasteiger partial charge in [-0.25, -0.2) is 0 Å². The fraction of sp³-hybridized carbons (Fsp3) is 0.714. The van der Waals surface area contributed by atoms with Crippen LogP contribution in [-0.4, -0.2) is 34.6 Å². The first-order chi connectivity index (χ1) is 4.70. The highest BCUT2D eigenvalue weighted by atomic mass is 16.6. The third kappa shape index (κ3) is 0.714. The van der Waals surface area contributed by atoms with Crippen LogP contribution in [0.3, 0.4) is 0 Å². The van der Waals surface area contributed by atoms with E-state index in [1.54, 1.807) is 13.0 Å². The van der Waals surface area contributed by atoms with Crippen molar-refractivity contribution in [3.8, 4) is 0 Å². The van der Waals surface area contributed by atoms with Crippen molar-refractivity contribution < 1.29 is 14.9 Å². The summed E-state index contributed by atoms with van der Waals surface area (Å²) in [6.07, 6.45) is 0.374. The minimum atomic E-state index is -0.506. The summed E-state index contributed by atoms with van der Waals surface area (Å²) in [5.41, 5.74) is 0.811. The summed E-state index contributed by atoms with van der Waals surface area (Å²) < 4.78 is 5.02. The van der Waals surface area contributed by atoms with Crippen molar-refractivity contribution in [2.24, 2.45) is 0 Å².